The lowest BCUT2D eigenvalue weighted by Gasteiger charge is -2.30. The molecule has 2 aliphatic rings. The fourth-order valence-corrected chi connectivity index (χ4v) is 3.93. The summed E-state index contributed by atoms with van der Waals surface area (Å²) in [7, 11) is 0. The molecule has 0 radical (unpaired) electrons. The second-order valence-corrected chi connectivity index (χ2v) is 7.75. The van der Waals surface area contributed by atoms with Gasteiger partial charge in [0, 0.05) is 23.4 Å². The number of ether oxygens (including phenoxy) is 1. The third kappa shape index (κ3) is 4.92. The normalized spacial score (nSPS) is 16.1. The molecule has 2 aromatic rings. The zero-order valence-electron chi connectivity index (χ0n) is 16.7. The second-order valence-electron chi connectivity index (χ2n) is 7.75. The molecule has 0 atom stereocenters. The molecule has 0 saturated carbocycles. The summed E-state index contributed by atoms with van der Waals surface area (Å²) < 4.78 is 5.57. The summed E-state index contributed by atoms with van der Waals surface area (Å²) in [6, 6.07) is 7.64. The van der Waals surface area contributed by atoms with E-state index in [-0.39, 0.29) is 11.5 Å². The minimum Gasteiger partial charge on any atom is -0.380 e. The number of fused-ring (bicyclic) bond motifs is 1. The zero-order valence-corrected chi connectivity index (χ0v) is 16.7. The Morgan fingerprint density at radius 2 is 1.97 bits per heavy atom. The molecule has 1 aliphatic heterocycles. The first-order valence-electron chi connectivity index (χ1n) is 10.5. The van der Waals surface area contributed by atoms with Gasteiger partial charge in [-0.15, -0.1) is 0 Å². The minimum atomic E-state index is -0.0815. The number of carbonyl (C=O) groups excluding carboxylic acids is 1. The molecule has 1 aromatic carbocycles. The van der Waals surface area contributed by atoms with E-state index in [9.17, 15) is 9.59 Å². The number of carbonyl (C=O) groups is 1. The first-order valence-corrected chi connectivity index (χ1v) is 10.5. The highest BCUT2D eigenvalue weighted by atomic mass is 16.5. The monoisotopic (exact) mass is 396 g/mol. The van der Waals surface area contributed by atoms with E-state index in [4.69, 9.17) is 4.74 Å². The van der Waals surface area contributed by atoms with Crippen LogP contribution in [0.25, 0.3) is 11.3 Å². The molecule has 4 rings (SSSR count). The Morgan fingerprint density at radius 3 is 2.76 bits per heavy atom. The molecule has 0 spiro atoms. The fraction of sp³-hybridized carbons (Fsp3) is 0.500. The van der Waals surface area contributed by atoms with E-state index in [0.29, 0.717) is 19.6 Å². The van der Waals surface area contributed by atoms with Crippen LogP contribution < -0.4 is 10.9 Å². The molecule has 2 N–H and O–H groups in total. The molecule has 1 fully saturated rings. The Labute approximate surface area is 170 Å². The molecule has 0 unspecified atom stereocenters. The van der Waals surface area contributed by atoms with Crippen molar-refractivity contribution in [3.05, 3.63) is 45.7 Å². The number of benzene rings is 1. The third-order valence-corrected chi connectivity index (χ3v) is 5.69. The number of aromatic nitrogens is 2. The van der Waals surface area contributed by atoms with Gasteiger partial charge in [-0.1, -0.05) is 12.1 Å². The van der Waals surface area contributed by atoms with Gasteiger partial charge in [-0.05, 0) is 62.9 Å². The van der Waals surface area contributed by atoms with Gasteiger partial charge in [-0.25, -0.2) is 5.10 Å². The summed E-state index contributed by atoms with van der Waals surface area (Å²) in [5.41, 5.74) is 4.26. The number of aromatic amines is 1. The third-order valence-electron chi connectivity index (χ3n) is 5.69. The number of hydrogen-bond acceptors (Lipinski definition) is 5. The molecule has 154 valence electrons. The standard InChI is InChI=1S/C22H28N4O3/c27-20(9-13-29-14-12-26-10-4-11-26)23-17-6-3-5-16(15-17)21-18-7-1-2-8-19(18)22(28)25-24-21/h3,5-6,15H,1-2,4,7-14H2,(H,23,27)(H,25,28). The number of nitrogens with zero attached hydrogens (tertiary/aromatic N) is 2. The van der Waals surface area contributed by atoms with Crippen molar-refractivity contribution in [2.24, 2.45) is 0 Å². The number of amides is 1. The molecular formula is C22H28N4O3. The molecule has 1 aromatic heterocycles. The summed E-state index contributed by atoms with van der Waals surface area (Å²) in [4.78, 5) is 26.7. The second kappa shape index (κ2) is 9.33. The average Bonchev–Trinajstić information content (AvgIpc) is 2.70. The number of rotatable bonds is 8. The van der Waals surface area contributed by atoms with Crippen LogP contribution in [0.5, 0.6) is 0 Å². The van der Waals surface area contributed by atoms with E-state index in [2.05, 4.69) is 20.4 Å². The lowest BCUT2D eigenvalue weighted by molar-refractivity contribution is -0.117. The predicted octanol–water partition coefficient (Wildman–Crippen LogP) is 2.37. The summed E-state index contributed by atoms with van der Waals surface area (Å²) in [5.74, 6) is -0.0671. The number of hydrogen-bond donors (Lipinski definition) is 2. The van der Waals surface area contributed by atoms with Crippen LogP contribution in [0.1, 0.15) is 36.8 Å². The Balaban J connectivity index is 1.35. The topological polar surface area (TPSA) is 87.3 Å². The highest BCUT2D eigenvalue weighted by Gasteiger charge is 2.19. The largest absolute Gasteiger partial charge is 0.380 e. The highest BCUT2D eigenvalue weighted by Crippen LogP contribution is 2.29. The van der Waals surface area contributed by atoms with Gasteiger partial charge in [0.05, 0.1) is 25.3 Å². The molecular weight excluding hydrogens is 368 g/mol. The maximum Gasteiger partial charge on any atom is 0.267 e. The van der Waals surface area contributed by atoms with Crippen LogP contribution in [0.3, 0.4) is 0 Å². The summed E-state index contributed by atoms with van der Waals surface area (Å²) in [6.07, 6.45) is 5.38. The molecule has 29 heavy (non-hydrogen) atoms. The Morgan fingerprint density at radius 1 is 1.14 bits per heavy atom. The van der Waals surface area contributed by atoms with E-state index in [1.807, 2.05) is 24.3 Å². The molecule has 2 heterocycles. The van der Waals surface area contributed by atoms with E-state index < -0.39 is 0 Å². The number of likely N-dealkylation sites (tertiary alicyclic amines) is 1. The van der Waals surface area contributed by atoms with E-state index in [0.717, 1.165) is 73.4 Å². The van der Waals surface area contributed by atoms with Gasteiger partial charge in [0.1, 0.15) is 0 Å². The first kappa shape index (κ1) is 19.8. The van der Waals surface area contributed by atoms with Crippen molar-refractivity contribution >= 4 is 11.6 Å². The van der Waals surface area contributed by atoms with Crippen molar-refractivity contribution in [3.63, 3.8) is 0 Å². The average molecular weight is 396 g/mol. The predicted molar refractivity (Wildman–Crippen MR) is 112 cm³/mol. The van der Waals surface area contributed by atoms with Gasteiger partial charge in [0.15, 0.2) is 0 Å². The number of anilines is 1. The van der Waals surface area contributed by atoms with Crippen LogP contribution in [0.4, 0.5) is 5.69 Å². The number of H-pyrrole nitrogens is 1. The Hall–Kier alpha value is -2.51. The Bertz CT molecular complexity index is 921. The smallest absolute Gasteiger partial charge is 0.267 e. The highest BCUT2D eigenvalue weighted by molar-refractivity contribution is 5.91. The lowest BCUT2D eigenvalue weighted by atomic mass is 9.90. The molecule has 1 aliphatic carbocycles. The molecule has 7 nitrogen and oxygen atoms in total. The number of nitrogens with one attached hydrogen (secondary N) is 2. The van der Waals surface area contributed by atoms with E-state index in [1.54, 1.807) is 0 Å². The maximum absolute atomic E-state index is 12.2. The van der Waals surface area contributed by atoms with Crippen molar-refractivity contribution in [1.29, 1.82) is 0 Å². The van der Waals surface area contributed by atoms with Crippen molar-refractivity contribution in [1.82, 2.24) is 15.1 Å². The van der Waals surface area contributed by atoms with Crippen LogP contribution in [0.2, 0.25) is 0 Å². The van der Waals surface area contributed by atoms with Crippen LogP contribution >= 0.6 is 0 Å². The van der Waals surface area contributed by atoms with Crippen molar-refractivity contribution in [3.8, 4) is 11.3 Å². The van der Waals surface area contributed by atoms with Crippen molar-refractivity contribution in [2.75, 3.05) is 38.2 Å². The van der Waals surface area contributed by atoms with Crippen LogP contribution in [-0.4, -0.2) is 53.9 Å². The quantitative estimate of drug-likeness (QED) is 0.669. The molecule has 0 bridgehead atoms. The summed E-state index contributed by atoms with van der Waals surface area (Å²) in [6.45, 7) is 4.36. The van der Waals surface area contributed by atoms with E-state index in [1.165, 1.54) is 6.42 Å². The van der Waals surface area contributed by atoms with Crippen LogP contribution in [0.15, 0.2) is 29.1 Å². The first-order chi connectivity index (χ1) is 14.2. The zero-order chi connectivity index (χ0) is 20.1. The lowest BCUT2D eigenvalue weighted by Crippen LogP contribution is -2.39. The van der Waals surface area contributed by atoms with Gasteiger partial charge >= 0.3 is 0 Å². The molecule has 7 heteroatoms. The molecule has 1 saturated heterocycles. The van der Waals surface area contributed by atoms with Gasteiger partial charge in [-0.2, -0.15) is 5.10 Å². The fourth-order valence-electron chi connectivity index (χ4n) is 3.93. The minimum absolute atomic E-state index is 0.0671. The van der Waals surface area contributed by atoms with Crippen molar-refractivity contribution < 1.29 is 9.53 Å². The van der Waals surface area contributed by atoms with Crippen molar-refractivity contribution in [2.45, 2.75) is 38.5 Å². The Kier molecular flexibility index (Phi) is 6.36. The summed E-state index contributed by atoms with van der Waals surface area (Å²) in [5, 5.41) is 9.87. The van der Waals surface area contributed by atoms with Gasteiger partial charge in [0.25, 0.3) is 5.56 Å². The van der Waals surface area contributed by atoms with Crippen LogP contribution in [0, 0.1) is 0 Å². The van der Waals surface area contributed by atoms with E-state index >= 15 is 0 Å². The van der Waals surface area contributed by atoms with Gasteiger partial charge < -0.3 is 15.0 Å². The molecule has 1 amide bonds. The summed E-state index contributed by atoms with van der Waals surface area (Å²) >= 11 is 0. The van der Waals surface area contributed by atoms with Crippen LogP contribution in [-0.2, 0) is 22.4 Å². The maximum atomic E-state index is 12.2. The van der Waals surface area contributed by atoms with Gasteiger partial charge in [0.2, 0.25) is 5.91 Å². The SMILES string of the molecule is O=C(CCOCCN1CCC1)Nc1cccc(-c2n[nH]c(=O)c3c2CCCC3)c1. The van der Waals surface area contributed by atoms with Gasteiger partial charge in [-0.3, -0.25) is 9.59 Å².